The number of hydrogen-bond donors (Lipinski definition) is 2. The maximum absolute atomic E-state index is 11.6. The van der Waals surface area contributed by atoms with Crippen LogP contribution in [-0.2, 0) is 0 Å². The molecule has 94 valence electrons. The zero-order valence-electron chi connectivity index (χ0n) is 10.5. The van der Waals surface area contributed by atoms with Gasteiger partial charge < -0.3 is 15.3 Å². The van der Waals surface area contributed by atoms with Gasteiger partial charge in [-0.15, -0.1) is 0 Å². The molecule has 0 aliphatic carbocycles. The van der Waals surface area contributed by atoms with Crippen molar-refractivity contribution < 1.29 is 9.90 Å². The molecule has 2 N–H and O–H groups in total. The number of carbonyl (C=O) groups is 1. The normalized spacial score (nSPS) is 18.6. The number of nitrogens with one attached hydrogen (secondary N) is 1. The highest BCUT2D eigenvalue weighted by Crippen LogP contribution is 2.15. The van der Waals surface area contributed by atoms with Gasteiger partial charge in [0.05, 0.1) is 6.61 Å². The highest BCUT2D eigenvalue weighted by Gasteiger charge is 2.27. The molecule has 0 spiro atoms. The molecule has 0 bridgehead atoms. The molecule has 0 unspecified atom stereocenters. The minimum atomic E-state index is -0.0670. The van der Waals surface area contributed by atoms with E-state index in [1.165, 1.54) is 0 Å². The van der Waals surface area contributed by atoms with Gasteiger partial charge in [-0.2, -0.15) is 0 Å². The van der Waals surface area contributed by atoms with Crippen molar-refractivity contribution in [1.29, 1.82) is 0 Å². The Morgan fingerprint density at radius 3 is 2.25 bits per heavy atom. The zero-order valence-corrected chi connectivity index (χ0v) is 10.5. The molecule has 0 saturated carbocycles. The van der Waals surface area contributed by atoms with E-state index in [4.69, 9.17) is 5.11 Å². The summed E-state index contributed by atoms with van der Waals surface area (Å²) in [6.45, 7) is 10.2. The van der Waals surface area contributed by atoms with Crippen LogP contribution in [0, 0.1) is 0 Å². The molecule has 0 aromatic heterocycles. The molecule has 1 aliphatic heterocycles. The van der Waals surface area contributed by atoms with Gasteiger partial charge in [0.15, 0.2) is 0 Å². The van der Waals surface area contributed by atoms with Crippen LogP contribution in [0.1, 0.15) is 20.8 Å². The minimum absolute atomic E-state index is 0.00625. The first-order chi connectivity index (χ1) is 7.45. The van der Waals surface area contributed by atoms with Crippen LogP contribution >= 0.6 is 0 Å². The number of piperazine rings is 1. The van der Waals surface area contributed by atoms with Gasteiger partial charge in [0.25, 0.3) is 0 Å². The van der Waals surface area contributed by atoms with Crippen LogP contribution in [0.15, 0.2) is 0 Å². The Morgan fingerprint density at radius 1 is 1.25 bits per heavy atom. The molecule has 0 aromatic rings. The van der Waals surface area contributed by atoms with Crippen molar-refractivity contribution in [2.45, 2.75) is 26.3 Å². The first-order valence-electron chi connectivity index (χ1n) is 5.84. The minimum Gasteiger partial charge on any atom is -0.395 e. The van der Waals surface area contributed by atoms with Gasteiger partial charge >= 0.3 is 6.03 Å². The summed E-state index contributed by atoms with van der Waals surface area (Å²) in [5.74, 6) is 0. The quantitative estimate of drug-likeness (QED) is 0.706. The summed E-state index contributed by atoms with van der Waals surface area (Å²) in [6.07, 6.45) is 0. The third-order valence-electron chi connectivity index (χ3n) is 2.90. The number of aliphatic hydroxyl groups excluding tert-OH is 1. The average Bonchev–Trinajstić information content (AvgIpc) is 2.25. The van der Waals surface area contributed by atoms with Crippen molar-refractivity contribution in [1.82, 2.24) is 15.1 Å². The second-order valence-corrected chi connectivity index (χ2v) is 5.10. The predicted molar refractivity (Wildman–Crippen MR) is 63.4 cm³/mol. The van der Waals surface area contributed by atoms with Crippen LogP contribution in [-0.4, -0.2) is 65.8 Å². The Balaban J connectivity index is 2.34. The summed E-state index contributed by atoms with van der Waals surface area (Å²) in [4.78, 5) is 15.8. The van der Waals surface area contributed by atoms with Gasteiger partial charge in [-0.05, 0) is 20.8 Å². The molecule has 0 radical (unpaired) electrons. The van der Waals surface area contributed by atoms with E-state index in [0.29, 0.717) is 6.54 Å². The molecule has 1 saturated heterocycles. The number of amides is 2. The number of hydrogen-bond acceptors (Lipinski definition) is 3. The maximum atomic E-state index is 11.6. The van der Waals surface area contributed by atoms with E-state index >= 15 is 0 Å². The lowest BCUT2D eigenvalue weighted by molar-refractivity contribution is 0.0740. The molecule has 2 amide bonds. The Labute approximate surface area is 97.4 Å². The second kappa shape index (κ2) is 5.50. The van der Waals surface area contributed by atoms with Gasteiger partial charge in [-0.3, -0.25) is 4.90 Å². The molecular formula is C11H23N3O2. The van der Waals surface area contributed by atoms with E-state index in [9.17, 15) is 4.79 Å². The highest BCUT2D eigenvalue weighted by molar-refractivity contribution is 5.74. The third kappa shape index (κ3) is 3.64. The average molecular weight is 229 g/mol. The summed E-state index contributed by atoms with van der Waals surface area (Å²) in [5, 5.41) is 11.3. The number of nitrogens with zero attached hydrogens (tertiary/aromatic N) is 2. The lowest BCUT2D eigenvalue weighted by Crippen LogP contribution is -2.56. The SMILES string of the molecule is CC(C)(C)N1CCN(C(=O)NCCO)CC1. The molecular weight excluding hydrogens is 206 g/mol. The van der Waals surface area contributed by atoms with Crippen LogP contribution in [0.5, 0.6) is 0 Å². The first kappa shape index (κ1) is 13.3. The molecule has 1 fully saturated rings. The maximum Gasteiger partial charge on any atom is 0.317 e. The third-order valence-corrected chi connectivity index (χ3v) is 2.90. The Kier molecular flexibility index (Phi) is 4.56. The lowest BCUT2D eigenvalue weighted by atomic mass is 10.1. The number of aliphatic hydroxyl groups is 1. The van der Waals surface area contributed by atoms with E-state index in [1.54, 1.807) is 4.90 Å². The second-order valence-electron chi connectivity index (χ2n) is 5.10. The fraction of sp³-hybridized carbons (Fsp3) is 0.909. The fourth-order valence-electron chi connectivity index (χ4n) is 1.85. The standard InChI is InChI=1S/C11H23N3O2/c1-11(2,3)14-7-5-13(6-8-14)10(16)12-4-9-15/h15H,4-9H2,1-3H3,(H,12,16). The van der Waals surface area contributed by atoms with Crippen LogP contribution in [0.3, 0.4) is 0 Å². The van der Waals surface area contributed by atoms with Gasteiger partial charge in [0.2, 0.25) is 0 Å². The first-order valence-corrected chi connectivity index (χ1v) is 5.84. The number of urea groups is 1. The van der Waals surface area contributed by atoms with Crippen LogP contribution in [0.4, 0.5) is 4.79 Å². The van der Waals surface area contributed by atoms with E-state index in [2.05, 4.69) is 31.0 Å². The van der Waals surface area contributed by atoms with Crippen LogP contribution < -0.4 is 5.32 Å². The zero-order chi connectivity index (χ0) is 12.2. The number of rotatable bonds is 2. The van der Waals surface area contributed by atoms with E-state index in [0.717, 1.165) is 26.2 Å². The Bertz CT molecular complexity index is 230. The van der Waals surface area contributed by atoms with Crippen molar-refractivity contribution in [3.05, 3.63) is 0 Å². The molecule has 1 aliphatic rings. The predicted octanol–water partition coefficient (Wildman–Crippen LogP) is 0.104. The summed E-state index contributed by atoms with van der Waals surface area (Å²) in [6, 6.07) is -0.0670. The van der Waals surface area contributed by atoms with E-state index in [1.807, 2.05) is 0 Å². The Hall–Kier alpha value is -0.810. The van der Waals surface area contributed by atoms with Crippen LogP contribution in [0.25, 0.3) is 0 Å². The van der Waals surface area contributed by atoms with Crippen molar-refractivity contribution >= 4 is 6.03 Å². The van der Waals surface area contributed by atoms with Crippen molar-refractivity contribution in [3.8, 4) is 0 Å². The summed E-state index contributed by atoms with van der Waals surface area (Å²) < 4.78 is 0. The Morgan fingerprint density at radius 2 is 1.81 bits per heavy atom. The van der Waals surface area contributed by atoms with Crippen molar-refractivity contribution in [2.24, 2.45) is 0 Å². The lowest BCUT2D eigenvalue weighted by Gasteiger charge is -2.42. The van der Waals surface area contributed by atoms with Gasteiger partial charge in [-0.1, -0.05) is 0 Å². The summed E-state index contributed by atoms with van der Waals surface area (Å²) >= 11 is 0. The molecule has 16 heavy (non-hydrogen) atoms. The van der Waals surface area contributed by atoms with Gasteiger partial charge in [0, 0.05) is 38.3 Å². The van der Waals surface area contributed by atoms with Gasteiger partial charge in [0.1, 0.15) is 0 Å². The van der Waals surface area contributed by atoms with Crippen LogP contribution in [0.2, 0.25) is 0 Å². The van der Waals surface area contributed by atoms with E-state index in [-0.39, 0.29) is 18.2 Å². The fourth-order valence-corrected chi connectivity index (χ4v) is 1.85. The smallest absolute Gasteiger partial charge is 0.317 e. The molecule has 0 aromatic carbocycles. The molecule has 1 heterocycles. The number of carbonyl (C=O) groups excluding carboxylic acids is 1. The van der Waals surface area contributed by atoms with Crippen molar-refractivity contribution in [2.75, 3.05) is 39.3 Å². The summed E-state index contributed by atoms with van der Waals surface area (Å²) in [5.41, 5.74) is 0.174. The van der Waals surface area contributed by atoms with E-state index < -0.39 is 0 Å². The molecule has 5 nitrogen and oxygen atoms in total. The van der Waals surface area contributed by atoms with Gasteiger partial charge in [-0.25, -0.2) is 4.79 Å². The highest BCUT2D eigenvalue weighted by atomic mass is 16.3. The summed E-state index contributed by atoms with van der Waals surface area (Å²) in [7, 11) is 0. The molecule has 5 heteroatoms. The largest absolute Gasteiger partial charge is 0.395 e. The topological polar surface area (TPSA) is 55.8 Å². The molecule has 0 atom stereocenters. The van der Waals surface area contributed by atoms with Crippen molar-refractivity contribution in [3.63, 3.8) is 0 Å². The monoisotopic (exact) mass is 229 g/mol. The molecule has 1 rings (SSSR count).